The Kier molecular flexibility index (Phi) is 3.68. The summed E-state index contributed by atoms with van der Waals surface area (Å²) in [6.07, 6.45) is 2.84. The van der Waals surface area contributed by atoms with Gasteiger partial charge in [0, 0.05) is 6.54 Å². The van der Waals surface area contributed by atoms with Crippen LogP contribution in [-0.4, -0.2) is 47.7 Å². The molecular weight excluding hydrogens is 250 g/mol. The lowest BCUT2D eigenvalue weighted by Crippen LogP contribution is -2.56. The van der Waals surface area contributed by atoms with Crippen LogP contribution in [0, 0.1) is 5.41 Å². The molecule has 1 atom stereocenters. The Hall–Kier alpha value is -1.72. The highest BCUT2D eigenvalue weighted by Crippen LogP contribution is 2.36. The van der Waals surface area contributed by atoms with Crippen LogP contribution in [0.3, 0.4) is 0 Å². The standard InChI is InChI=1S/C13H19NO5/c1-13(2)4-3-5-14(10(13)12(16)17)11(15)9-8-18-6-7-19-9/h8,10H,3-7H2,1-2H3,(H,16,17). The first-order valence-electron chi connectivity index (χ1n) is 6.42. The molecule has 1 N–H and O–H groups in total. The van der Waals surface area contributed by atoms with Crippen LogP contribution in [0.2, 0.25) is 0 Å². The van der Waals surface area contributed by atoms with E-state index in [2.05, 4.69) is 0 Å². The average molecular weight is 269 g/mol. The number of aliphatic carboxylic acids is 1. The van der Waals surface area contributed by atoms with Crippen molar-refractivity contribution >= 4 is 11.9 Å². The minimum Gasteiger partial charge on any atom is -0.494 e. The number of ether oxygens (including phenoxy) is 2. The van der Waals surface area contributed by atoms with E-state index in [0.717, 1.165) is 12.8 Å². The van der Waals surface area contributed by atoms with Gasteiger partial charge in [-0.25, -0.2) is 4.79 Å². The van der Waals surface area contributed by atoms with E-state index in [1.807, 2.05) is 13.8 Å². The number of hydrogen-bond acceptors (Lipinski definition) is 4. The lowest BCUT2D eigenvalue weighted by Gasteiger charge is -2.44. The molecule has 1 amide bonds. The SMILES string of the molecule is CC1(C)CCCN(C(=O)C2=COCCO2)C1C(=O)O. The van der Waals surface area contributed by atoms with Crippen molar-refractivity contribution in [3.63, 3.8) is 0 Å². The topological polar surface area (TPSA) is 76.1 Å². The van der Waals surface area contributed by atoms with Gasteiger partial charge < -0.3 is 19.5 Å². The molecule has 1 saturated heterocycles. The maximum Gasteiger partial charge on any atom is 0.326 e. The van der Waals surface area contributed by atoms with Crippen LogP contribution in [-0.2, 0) is 19.1 Å². The van der Waals surface area contributed by atoms with Crippen LogP contribution in [0.1, 0.15) is 26.7 Å². The van der Waals surface area contributed by atoms with Crippen molar-refractivity contribution in [2.24, 2.45) is 5.41 Å². The molecule has 0 aliphatic carbocycles. The fraction of sp³-hybridized carbons (Fsp3) is 0.692. The van der Waals surface area contributed by atoms with E-state index in [0.29, 0.717) is 19.8 Å². The Bertz CT molecular complexity index is 415. The largest absolute Gasteiger partial charge is 0.494 e. The molecule has 6 heteroatoms. The van der Waals surface area contributed by atoms with E-state index in [9.17, 15) is 14.7 Å². The number of carboxylic acids is 1. The molecule has 0 aromatic rings. The number of piperidine rings is 1. The predicted molar refractivity (Wildman–Crippen MR) is 66.1 cm³/mol. The molecule has 0 bridgehead atoms. The van der Waals surface area contributed by atoms with Gasteiger partial charge in [0.1, 0.15) is 25.5 Å². The molecule has 6 nitrogen and oxygen atoms in total. The number of carboxylic acid groups (broad SMARTS) is 1. The fourth-order valence-corrected chi connectivity index (χ4v) is 2.70. The summed E-state index contributed by atoms with van der Waals surface area (Å²) in [7, 11) is 0. The molecule has 0 saturated carbocycles. The summed E-state index contributed by atoms with van der Waals surface area (Å²) < 4.78 is 10.3. The van der Waals surface area contributed by atoms with E-state index >= 15 is 0 Å². The summed E-state index contributed by atoms with van der Waals surface area (Å²) in [5.74, 6) is -1.29. The summed E-state index contributed by atoms with van der Waals surface area (Å²) in [5.41, 5.74) is -0.449. The molecule has 2 rings (SSSR count). The smallest absolute Gasteiger partial charge is 0.326 e. The zero-order chi connectivity index (χ0) is 14.0. The second kappa shape index (κ2) is 5.11. The second-order valence-corrected chi connectivity index (χ2v) is 5.53. The Morgan fingerprint density at radius 2 is 2.16 bits per heavy atom. The molecule has 0 radical (unpaired) electrons. The van der Waals surface area contributed by atoms with Gasteiger partial charge in [-0.05, 0) is 18.3 Å². The van der Waals surface area contributed by atoms with Crippen molar-refractivity contribution < 1.29 is 24.2 Å². The molecule has 106 valence electrons. The van der Waals surface area contributed by atoms with E-state index in [1.54, 1.807) is 0 Å². The maximum absolute atomic E-state index is 12.3. The Labute approximate surface area is 112 Å². The van der Waals surface area contributed by atoms with Crippen LogP contribution in [0.5, 0.6) is 0 Å². The lowest BCUT2D eigenvalue weighted by atomic mass is 9.76. The number of nitrogens with zero attached hydrogens (tertiary/aromatic N) is 1. The molecule has 2 aliphatic rings. The molecule has 19 heavy (non-hydrogen) atoms. The van der Waals surface area contributed by atoms with Crippen LogP contribution in [0.4, 0.5) is 0 Å². The molecule has 0 aromatic heterocycles. The van der Waals surface area contributed by atoms with Crippen molar-refractivity contribution in [2.45, 2.75) is 32.7 Å². The van der Waals surface area contributed by atoms with E-state index < -0.39 is 23.3 Å². The Morgan fingerprint density at radius 1 is 1.42 bits per heavy atom. The third-order valence-electron chi connectivity index (χ3n) is 3.63. The average Bonchev–Trinajstić information content (AvgIpc) is 2.37. The zero-order valence-corrected chi connectivity index (χ0v) is 11.2. The van der Waals surface area contributed by atoms with E-state index in [1.165, 1.54) is 11.2 Å². The van der Waals surface area contributed by atoms with Crippen LogP contribution < -0.4 is 0 Å². The van der Waals surface area contributed by atoms with Gasteiger partial charge >= 0.3 is 5.97 Å². The number of amides is 1. The first-order chi connectivity index (χ1) is 8.93. The number of likely N-dealkylation sites (tertiary alicyclic amines) is 1. The zero-order valence-electron chi connectivity index (χ0n) is 11.2. The molecule has 2 aliphatic heterocycles. The molecule has 0 aromatic carbocycles. The second-order valence-electron chi connectivity index (χ2n) is 5.53. The summed E-state index contributed by atoms with van der Waals surface area (Å²) in [5, 5.41) is 9.41. The minimum absolute atomic E-state index is 0.0928. The molecule has 1 unspecified atom stereocenters. The highest BCUT2D eigenvalue weighted by Gasteiger charge is 2.45. The predicted octanol–water partition coefficient (Wildman–Crippen LogP) is 0.976. The van der Waals surface area contributed by atoms with Gasteiger partial charge in [-0.15, -0.1) is 0 Å². The fourth-order valence-electron chi connectivity index (χ4n) is 2.70. The summed E-state index contributed by atoms with van der Waals surface area (Å²) in [4.78, 5) is 25.2. The van der Waals surface area contributed by atoms with Crippen LogP contribution >= 0.6 is 0 Å². The van der Waals surface area contributed by atoms with Crippen LogP contribution in [0.15, 0.2) is 12.0 Å². The third kappa shape index (κ3) is 2.67. The van der Waals surface area contributed by atoms with Gasteiger partial charge in [-0.3, -0.25) is 4.79 Å². The highest BCUT2D eigenvalue weighted by atomic mass is 16.6. The van der Waals surface area contributed by atoms with Gasteiger partial charge in [-0.1, -0.05) is 13.8 Å². The Balaban J connectivity index is 2.23. The number of rotatable bonds is 2. The third-order valence-corrected chi connectivity index (χ3v) is 3.63. The maximum atomic E-state index is 12.3. The van der Waals surface area contributed by atoms with E-state index in [-0.39, 0.29) is 5.76 Å². The minimum atomic E-state index is -0.977. The summed E-state index contributed by atoms with van der Waals surface area (Å²) >= 11 is 0. The number of carbonyl (C=O) groups excluding carboxylic acids is 1. The quantitative estimate of drug-likeness (QED) is 0.808. The van der Waals surface area contributed by atoms with Crippen LogP contribution in [0.25, 0.3) is 0 Å². The van der Waals surface area contributed by atoms with Gasteiger partial charge in [0.15, 0.2) is 0 Å². The van der Waals surface area contributed by atoms with Crippen molar-refractivity contribution in [3.8, 4) is 0 Å². The van der Waals surface area contributed by atoms with Gasteiger partial charge in [0.05, 0.1) is 0 Å². The monoisotopic (exact) mass is 269 g/mol. The van der Waals surface area contributed by atoms with Crippen molar-refractivity contribution in [3.05, 3.63) is 12.0 Å². The van der Waals surface area contributed by atoms with Crippen molar-refractivity contribution in [2.75, 3.05) is 19.8 Å². The molecule has 1 fully saturated rings. The van der Waals surface area contributed by atoms with Crippen molar-refractivity contribution in [1.29, 1.82) is 0 Å². The van der Waals surface area contributed by atoms with Gasteiger partial charge in [0.2, 0.25) is 5.76 Å². The van der Waals surface area contributed by atoms with Gasteiger partial charge in [0.25, 0.3) is 5.91 Å². The summed E-state index contributed by atoms with van der Waals surface area (Å²) in [6, 6.07) is -0.833. The molecular formula is C13H19NO5. The Morgan fingerprint density at radius 3 is 2.74 bits per heavy atom. The molecule has 0 spiro atoms. The number of hydrogen-bond donors (Lipinski definition) is 1. The van der Waals surface area contributed by atoms with E-state index in [4.69, 9.17) is 9.47 Å². The van der Waals surface area contributed by atoms with Gasteiger partial charge in [-0.2, -0.15) is 0 Å². The lowest BCUT2D eigenvalue weighted by molar-refractivity contribution is -0.159. The number of carbonyl (C=O) groups is 2. The molecule has 2 heterocycles. The van der Waals surface area contributed by atoms with Crippen molar-refractivity contribution in [1.82, 2.24) is 4.90 Å². The first kappa shape index (κ1) is 13.7. The normalized spacial score (nSPS) is 25.9. The first-order valence-corrected chi connectivity index (χ1v) is 6.42. The highest BCUT2D eigenvalue weighted by molar-refractivity contribution is 5.94. The summed E-state index contributed by atoms with van der Waals surface area (Å²) in [6.45, 7) is 4.90.